The first-order valence-corrected chi connectivity index (χ1v) is 17.9. The number of rotatable bonds is 5. The van der Waals surface area contributed by atoms with Crippen LogP contribution in [0, 0.1) is 0 Å². The second-order valence-electron chi connectivity index (χ2n) is 12.5. The highest BCUT2D eigenvalue weighted by molar-refractivity contribution is 6.64. The molecule has 0 spiro atoms. The van der Waals surface area contributed by atoms with Gasteiger partial charge in [-0.2, -0.15) is 0 Å². The van der Waals surface area contributed by atoms with Crippen LogP contribution < -0.4 is 0 Å². The summed E-state index contributed by atoms with van der Waals surface area (Å²) in [5.41, 5.74) is 15.5. The highest BCUT2D eigenvalue weighted by Crippen LogP contribution is 2.50. The SMILES string of the molecule is CC[SiH](C1C(C)=Cc2c(-c3ccc4ccccc4c3)cccc21)C1C(C)=Cc2c(-c3ccc4ccccc4c3)cccc21. The Bertz CT molecular complexity index is 1960. The topological polar surface area (TPSA) is 0 Å². The molecule has 2 aliphatic carbocycles. The smallest absolute Gasteiger partial charge is 0.0626 e. The van der Waals surface area contributed by atoms with Gasteiger partial charge in [0.2, 0.25) is 0 Å². The zero-order chi connectivity index (χ0) is 29.1. The Balaban J connectivity index is 1.20. The third kappa shape index (κ3) is 4.26. The van der Waals surface area contributed by atoms with Crippen molar-refractivity contribution in [3.63, 3.8) is 0 Å². The number of allylic oxidation sites excluding steroid dienone is 2. The van der Waals surface area contributed by atoms with E-state index in [0.29, 0.717) is 11.1 Å². The maximum Gasteiger partial charge on any atom is 0.0626 e. The van der Waals surface area contributed by atoms with Gasteiger partial charge in [-0.1, -0.05) is 145 Å². The van der Waals surface area contributed by atoms with Crippen LogP contribution in [-0.4, -0.2) is 8.80 Å². The van der Waals surface area contributed by atoms with Crippen molar-refractivity contribution in [1.82, 2.24) is 0 Å². The van der Waals surface area contributed by atoms with Crippen LogP contribution in [0.5, 0.6) is 0 Å². The Hall–Kier alpha value is -4.46. The summed E-state index contributed by atoms with van der Waals surface area (Å²) in [5.74, 6) is 0. The van der Waals surface area contributed by atoms with Crippen molar-refractivity contribution >= 4 is 42.5 Å². The van der Waals surface area contributed by atoms with Crippen LogP contribution in [0.4, 0.5) is 0 Å². The van der Waals surface area contributed by atoms with E-state index in [4.69, 9.17) is 0 Å². The van der Waals surface area contributed by atoms with Crippen LogP contribution in [0.15, 0.2) is 132 Å². The zero-order valence-electron chi connectivity index (χ0n) is 25.1. The first-order chi connectivity index (χ1) is 21.1. The van der Waals surface area contributed by atoms with Crippen LogP contribution in [0.25, 0.3) is 56.0 Å². The Kier molecular flexibility index (Phi) is 6.31. The Morgan fingerprint density at radius 1 is 0.488 bits per heavy atom. The Morgan fingerprint density at radius 2 is 0.930 bits per heavy atom. The fraction of sp³-hybridized carbons (Fsp3) is 0.143. The molecule has 2 unspecified atom stereocenters. The van der Waals surface area contributed by atoms with Crippen LogP contribution in [-0.2, 0) is 0 Å². The van der Waals surface area contributed by atoms with Crippen molar-refractivity contribution in [3.05, 3.63) is 155 Å². The van der Waals surface area contributed by atoms with Crippen LogP contribution in [0.1, 0.15) is 54.1 Å². The monoisotopic (exact) mass is 568 g/mol. The summed E-state index contributed by atoms with van der Waals surface area (Å²) in [4.78, 5) is 0. The van der Waals surface area contributed by atoms with E-state index in [1.807, 2.05) is 0 Å². The predicted octanol–water partition coefficient (Wildman–Crippen LogP) is 11.4. The van der Waals surface area contributed by atoms with Gasteiger partial charge in [-0.15, -0.1) is 0 Å². The molecule has 1 heteroatoms. The molecule has 0 nitrogen and oxygen atoms in total. The molecule has 8 rings (SSSR count). The molecule has 0 N–H and O–H groups in total. The van der Waals surface area contributed by atoms with E-state index in [1.165, 1.54) is 61.0 Å². The highest BCUT2D eigenvalue weighted by Gasteiger charge is 2.40. The van der Waals surface area contributed by atoms with E-state index in [1.54, 1.807) is 22.3 Å². The average Bonchev–Trinajstić information content (AvgIpc) is 3.56. The number of hydrogen-bond donors (Lipinski definition) is 0. The molecule has 0 radical (unpaired) electrons. The molecule has 208 valence electrons. The predicted molar refractivity (Wildman–Crippen MR) is 189 cm³/mol. The van der Waals surface area contributed by atoms with Crippen LogP contribution in [0.3, 0.4) is 0 Å². The molecule has 0 aliphatic heterocycles. The van der Waals surface area contributed by atoms with Gasteiger partial charge < -0.3 is 0 Å². The third-order valence-electron chi connectivity index (χ3n) is 10.1. The maximum atomic E-state index is 2.51. The van der Waals surface area contributed by atoms with Crippen LogP contribution >= 0.6 is 0 Å². The number of benzene rings is 6. The lowest BCUT2D eigenvalue weighted by atomic mass is 9.95. The molecule has 0 bridgehead atoms. The third-order valence-corrected chi connectivity index (χ3v) is 14.5. The number of hydrogen-bond acceptors (Lipinski definition) is 0. The second-order valence-corrected chi connectivity index (χ2v) is 16.0. The van der Waals surface area contributed by atoms with E-state index >= 15 is 0 Å². The molecular formula is C42H36Si. The largest absolute Gasteiger partial charge is 0.0682 e. The molecule has 2 aliphatic rings. The maximum absolute atomic E-state index is 2.51. The lowest BCUT2D eigenvalue weighted by Crippen LogP contribution is -2.31. The molecule has 43 heavy (non-hydrogen) atoms. The average molecular weight is 569 g/mol. The summed E-state index contributed by atoms with van der Waals surface area (Å²) < 4.78 is 0. The van der Waals surface area contributed by atoms with Gasteiger partial charge in [-0.3, -0.25) is 0 Å². The van der Waals surface area contributed by atoms with Crippen molar-refractivity contribution in [2.45, 2.75) is 37.9 Å². The van der Waals surface area contributed by atoms with E-state index in [-0.39, 0.29) is 0 Å². The molecule has 6 aromatic rings. The van der Waals surface area contributed by atoms with Crippen molar-refractivity contribution in [1.29, 1.82) is 0 Å². The van der Waals surface area contributed by atoms with Crippen molar-refractivity contribution < 1.29 is 0 Å². The van der Waals surface area contributed by atoms with Gasteiger partial charge >= 0.3 is 0 Å². The van der Waals surface area contributed by atoms with Gasteiger partial charge in [0.25, 0.3) is 0 Å². The van der Waals surface area contributed by atoms with E-state index in [0.717, 1.165) is 0 Å². The molecule has 0 amide bonds. The minimum Gasteiger partial charge on any atom is -0.0682 e. The molecule has 0 aromatic heterocycles. The van der Waals surface area contributed by atoms with Gasteiger partial charge in [0.1, 0.15) is 0 Å². The zero-order valence-corrected chi connectivity index (χ0v) is 26.3. The Labute approximate surface area is 256 Å². The normalized spacial score (nSPS) is 17.9. The second kappa shape index (κ2) is 10.4. The van der Waals surface area contributed by atoms with Gasteiger partial charge in [0, 0.05) is 0 Å². The van der Waals surface area contributed by atoms with Crippen molar-refractivity contribution in [3.8, 4) is 22.3 Å². The van der Waals surface area contributed by atoms with Gasteiger partial charge in [-0.05, 0) is 103 Å². The summed E-state index contributed by atoms with van der Waals surface area (Å²) in [6.07, 6.45) is 5.03. The molecule has 0 heterocycles. The Morgan fingerprint density at radius 3 is 1.37 bits per heavy atom. The van der Waals surface area contributed by atoms with Crippen molar-refractivity contribution in [2.24, 2.45) is 0 Å². The van der Waals surface area contributed by atoms with Gasteiger partial charge in [0.05, 0.1) is 8.80 Å². The van der Waals surface area contributed by atoms with Crippen molar-refractivity contribution in [2.75, 3.05) is 0 Å². The highest BCUT2D eigenvalue weighted by atomic mass is 28.3. The molecule has 0 saturated heterocycles. The van der Waals surface area contributed by atoms with E-state index in [2.05, 4.69) is 154 Å². The quantitative estimate of drug-likeness (QED) is 0.181. The van der Waals surface area contributed by atoms with Gasteiger partial charge in [0.15, 0.2) is 0 Å². The molecule has 0 saturated carbocycles. The fourth-order valence-corrected chi connectivity index (χ4v) is 12.5. The van der Waals surface area contributed by atoms with Gasteiger partial charge in [-0.25, -0.2) is 0 Å². The lowest BCUT2D eigenvalue weighted by Gasteiger charge is -2.31. The van der Waals surface area contributed by atoms with Crippen LogP contribution in [0.2, 0.25) is 6.04 Å². The summed E-state index contributed by atoms with van der Waals surface area (Å²) >= 11 is 0. The molecular weight excluding hydrogens is 533 g/mol. The molecule has 2 atom stereocenters. The standard InChI is InChI=1S/C42H36Si/c1-4-43(41-27(2)23-39-35(15-9-17-37(39)41)33-21-19-29-11-5-7-13-31(29)25-33)42-28(3)24-40-36(16-10-18-38(40)42)34-22-20-30-12-6-8-14-32(30)26-34/h5-26,41-43H,4H2,1-3H3. The minimum absolute atomic E-state index is 0.545. The summed E-state index contributed by atoms with van der Waals surface area (Å²) in [7, 11) is -1.35. The first-order valence-electron chi connectivity index (χ1n) is 15.7. The number of fused-ring (bicyclic) bond motifs is 4. The first kappa shape index (κ1) is 26.2. The van der Waals surface area contributed by atoms with E-state index in [9.17, 15) is 0 Å². The lowest BCUT2D eigenvalue weighted by molar-refractivity contribution is 0.984. The molecule has 0 fully saturated rings. The fourth-order valence-electron chi connectivity index (χ4n) is 8.17. The minimum atomic E-state index is -1.35. The summed E-state index contributed by atoms with van der Waals surface area (Å²) in [6, 6.07) is 46.6. The van der Waals surface area contributed by atoms with E-state index < -0.39 is 8.80 Å². The summed E-state index contributed by atoms with van der Waals surface area (Å²) in [5, 5.41) is 5.21. The molecule has 6 aromatic carbocycles. The summed E-state index contributed by atoms with van der Waals surface area (Å²) in [6.45, 7) is 7.24.